The van der Waals surface area contributed by atoms with Gasteiger partial charge in [0.05, 0.1) is 6.61 Å². The predicted molar refractivity (Wildman–Crippen MR) is 153 cm³/mol. The van der Waals surface area contributed by atoms with Crippen molar-refractivity contribution in [1.29, 1.82) is 0 Å². The summed E-state index contributed by atoms with van der Waals surface area (Å²) in [6.07, 6.45) is 1.12. The van der Waals surface area contributed by atoms with Crippen molar-refractivity contribution in [2.24, 2.45) is 11.7 Å². The molecule has 3 rings (SSSR count). The van der Waals surface area contributed by atoms with Crippen LogP contribution in [-0.2, 0) is 35.9 Å². The molecule has 12 heteroatoms. The van der Waals surface area contributed by atoms with Crippen molar-refractivity contribution in [3.05, 3.63) is 58.3 Å². The number of thiophene rings is 2. The van der Waals surface area contributed by atoms with Gasteiger partial charge in [0.15, 0.2) is 0 Å². The van der Waals surface area contributed by atoms with E-state index in [0.29, 0.717) is 29.5 Å². The van der Waals surface area contributed by atoms with Gasteiger partial charge in [-0.25, -0.2) is 26.4 Å². The Bertz CT molecular complexity index is 1460. The molecule has 0 fully saturated rings. The van der Waals surface area contributed by atoms with Crippen molar-refractivity contribution >= 4 is 48.6 Å². The van der Waals surface area contributed by atoms with Gasteiger partial charge in [-0.15, -0.1) is 22.7 Å². The molecule has 38 heavy (non-hydrogen) atoms. The Morgan fingerprint density at radius 3 is 2.45 bits per heavy atom. The SMILES string of the molecule is CCCCOC(=O)NS(=O)(=O)c1sc(CC(C)C)cc1-c1cccc(C(N)(CC)S(=O)(=O)c2cccs2)c1. The van der Waals surface area contributed by atoms with E-state index >= 15 is 0 Å². The quantitative estimate of drug-likeness (QED) is 0.249. The third kappa shape index (κ3) is 6.48. The first-order chi connectivity index (χ1) is 17.9. The summed E-state index contributed by atoms with van der Waals surface area (Å²) in [7, 11) is -8.19. The van der Waals surface area contributed by atoms with E-state index in [1.807, 2.05) is 25.5 Å². The molecule has 0 spiro atoms. The molecular weight excluding hydrogens is 565 g/mol. The summed E-state index contributed by atoms with van der Waals surface area (Å²) < 4.78 is 60.7. The van der Waals surface area contributed by atoms with Gasteiger partial charge in [-0.2, -0.15) is 0 Å². The number of nitrogens with two attached hydrogens (primary N) is 1. The van der Waals surface area contributed by atoms with E-state index in [2.05, 4.69) is 0 Å². The molecule has 0 aliphatic carbocycles. The molecule has 3 N–H and O–H groups in total. The van der Waals surface area contributed by atoms with Crippen LogP contribution in [0.25, 0.3) is 11.1 Å². The maximum atomic E-state index is 13.5. The number of sulfone groups is 1. The number of hydrogen-bond donors (Lipinski definition) is 2. The first-order valence-electron chi connectivity index (χ1n) is 12.4. The number of carbonyl (C=O) groups is 1. The Morgan fingerprint density at radius 2 is 1.84 bits per heavy atom. The highest BCUT2D eigenvalue weighted by molar-refractivity contribution is 7.94. The fourth-order valence-electron chi connectivity index (χ4n) is 3.92. The molecule has 1 atom stereocenters. The summed E-state index contributed by atoms with van der Waals surface area (Å²) in [5.41, 5.74) is 7.78. The molecule has 1 unspecified atom stereocenters. The summed E-state index contributed by atoms with van der Waals surface area (Å²) >= 11 is 2.17. The van der Waals surface area contributed by atoms with E-state index < -0.39 is 30.8 Å². The number of amides is 1. The average Bonchev–Trinajstić information content (AvgIpc) is 3.54. The zero-order valence-electron chi connectivity index (χ0n) is 21.9. The molecule has 0 saturated heterocycles. The molecule has 0 aliphatic heterocycles. The van der Waals surface area contributed by atoms with Crippen molar-refractivity contribution in [2.75, 3.05) is 6.61 Å². The maximum Gasteiger partial charge on any atom is 0.421 e. The van der Waals surface area contributed by atoms with Gasteiger partial charge in [0, 0.05) is 10.4 Å². The zero-order valence-corrected chi connectivity index (χ0v) is 25.2. The Balaban J connectivity index is 2.09. The number of unbranched alkanes of at least 4 members (excludes halogenated alkanes) is 1. The van der Waals surface area contributed by atoms with Crippen molar-refractivity contribution in [3.63, 3.8) is 0 Å². The second kappa shape index (κ2) is 12.3. The minimum absolute atomic E-state index is 0.0435. The number of rotatable bonds is 12. The van der Waals surface area contributed by atoms with Gasteiger partial charge < -0.3 is 10.5 Å². The van der Waals surface area contributed by atoms with Gasteiger partial charge in [0.1, 0.15) is 13.3 Å². The normalized spacial score (nSPS) is 13.8. The number of nitrogens with one attached hydrogen (secondary N) is 1. The van der Waals surface area contributed by atoms with E-state index in [4.69, 9.17) is 10.5 Å². The molecule has 1 amide bonds. The molecule has 0 aliphatic rings. The second-order valence-electron chi connectivity index (χ2n) is 9.37. The van der Waals surface area contributed by atoms with Crippen LogP contribution in [0.4, 0.5) is 4.79 Å². The lowest BCUT2D eigenvalue weighted by molar-refractivity contribution is 0.151. The van der Waals surface area contributed by atoms with Crippen LogP contribution in [0.2, 0.25) is 0 Å². The standard InChI is InChI=1S/C26H34N2O6S4/c1-5-7-13-34-25(29)28-38(32,33)24-22(17-21(36-24)15-18(3)4)19-10-8-11-20(16-19)26(27,6-2)37(30,31)23-12-9-14-35-23/h8-12,14,16-18H,5-7,13,15,27H2,1-4H3,(H,28,29). The number of hydrogen-bond acceptors (Lipinski definition) is 9. The highest BCUT2D eigenvalue weighted by Gasteiger charge is 2.42. The topological polar surface area (TPSA) is 133 Å². The summed E-state index contributed by atoms with van der Waals surface area (Å²) in [6.45, 7) is 7.80. The molecule has 1 aromatic carbocycles. The van der Waals surface area contributed by atoms with Crippen molar-refractivity contribution in [3.8, 4) is 11.1 Å². The number of sulfonamides is 1. The molecule has 2 aromatic heterocycles. The first kappa shape index (κ1) is 30.3. The maximum absolute atomic E-state index is 13.5. The van der Waals surface area contributed by atoms with E-state index in [0.717, 1.165) is 34.0 Å². The van der Waals surface area contributed by atoms with E-state index in [-0.39, 0.29) is 27.4 Å². The molecule has 0 saturated carbocycles. The number of ether oxygens (including phenoxy) is 1. The van der Waals surface area contributed by atoms with E-state index in [1.54, 1.807) is 48.7 Å². The number of carbonyl (C=O) groups excluding carboxylic acids is 1. The molecule has 208 valence electrons. The Hall–Kier alpha value is -2.25. The van der Waals surface area contributed by atoms with Gasteiger partial charge >= 0.3 is 6.09 Å². The van der Waals surface area contributed by atoms with Crippen LogP contribution in [0.1, 0.15) is 57.4 Å². The Labute approximate surface area is 233 Å². The van der Waals surface area contributed by atoms with Gasteiger partial charge in [-0.3, -0.25) is 0 Å². The molecule has 3 aromatic rings. The third-order valence-electron chi connectivity index (χ3n) is 5.98. The highest BCUT2D eigenvalue weighted by Crippen LogP contribution is 2.40. The second-order valence-corrected chi connectivity index (χ2v) is 15.8. The third-order valence-corrected chi connectivity index (χ3v) is 12.7. The van der Waals surface area contributed by atoms with Crippen LogP contribution < -0.4 is 10.5 Å². The van der Waals surface area contributed by atoms with Crippen molar-refractivity contribution in [1.82, 2.24) is 4.72 Å². The van der Waals surface area contributed by atoms with Gasteiger partial charge in [-0.1, -0.05) is 58.4 Å². The predicted octanol–water partition coefficient (Wildman–Crippen LogP) is 5.89. The lowest BCUT2D eigenvalue weighted by atomic mass is 9.99. The smallest absolute Gasteiger partial charge is 0.421 e. The first-order valence-corrected chi connectivity index (χ1v) is 17.0. The fourth-order valence-corrected chi connectivity index (χ4v) is 9.76. The summed E-state index contributed by atoms with van der Waals surface area (Å²) in [5, 5.41) is 1.68. The minimum atomic E-state index is -4.26. The molecule has 8 nitrogen and oxygen atoms in total. The molecular formula is C26H34N2O6S4. The Morgan fingerprint density at radius 1 is 1.11 bits per heavy atom. The van der Waals surface area contributed by atoms with Crippen LogP contribution in [0.3, 0.4) is 0 Å². The lowest BCUT2D eigenvalue weighted by Gasteiger charge is -2.28. The Kier molecular flexibility index (Phi) is 9.80. The molecule has 0 bridgehead atoms. The highest BCUT2D eigenvalue weighted by atomic mass is 32.2. The van der Waals surface area contributed by atoms with Gasteiger partial charge in [0.25, 0.3) is 10.0 Å². The van der Waals surface area contributed by atoms with Crippen molar-refractivity contribution < 1.29 is 26.4 Å². The largest absolute Gasteiger partial charge is 0.449 e. The fraction of sp³-hybridized carbons (Fsp3) is 0.423. The summed E-state index contributed by atoms with van der Waals surface area (Å²) in [6, 6.07) is 11.6. The minimum Gasteiger partial charge on any atom is -0.449 e. The van der Waals surface area contributed by atoms with E-state index in [1.165, 1.54) is 6.07 Å². The van der Waals surface area contributed by atoms with Crippen LogP contribution >= 0.6 is 22.7 Å². The zero-order chi connectivity index (χ0) is 28.1. The van der Waals surface area contributed by atoms with E-state index in [9.17, 15) is 21.6 Å². The van der Waals surface area contributed by atoms with Crippen LogP contribution in [0.15, 0.2) is 56.3 Å². The van der Waals surface area contributed by atoms with Crippen molar-refractivity contribution in [2.45, 2.75) is 66.7 Å². The van der Waals surface area contributed by atoms with Crippen LogP contribution in [0, 0.1) is 5.92 Å². The monoisotopic (exact) mass is 598 g/mol. The summed E-state index contributed by atoms with van der Waals surface area (Å²) in [4.78, 5) is 11.3. The molecule has 0 radical (unpaired) electrons. The summed E-state index contributed by atoms with van der Waals surface area (Å²) in [5.74, 6) is 0.267. The van der Waals surface area contributed by atoms with Crippen LogP contribution in [-0.4, -0.2) is 29.5 Å². The molecule has 2 heterocycles. The van der Waals surface area contributed by atoms with Crippen LogP contribution in [0.5, 0.6) is 0 Å². The number of benzene rings is 1. The van der Waals surface area contributed by atoms with Gasteiger partial charge in [0.2, 0.25) is 9.84 Å². The lowest BCUT2D eigenvalue weighted by Crippen LogP contribution is -2.44. The average molecular weight is 599 g/mol. The van der Waals surface area contributed by atoms with Gasteiger partial charge in [-0.05, 0) is 59.9 Å².